The summed E-state index contributed by atoms with van der Waals surface area (Å²) in [6.07, 6.45) is 5.56. The fourth-order valence-corrected chi connectivity index (χ4v) is 5.40. The number of amides is 1. The monoisotopic (exact) mass is 350 g/mol. The zero-order chi connectivity index (χ0) is 17.2. The van der Waals surface area contributed by atoms with Crippen LogP contribution in [-0.4, -0.2) is 37.3 Å². The van der Waals surface area contributed by atoms with Crippen LogP contribution in [0.3, 0.4) is 0 Å². The number of carbonyl (C=O) groups excluding carboxylic acids is 1. The molecule has 6 heteroatoms. The van der Waals surface area contributed by atoms with E-state index in [0.717, 1.165) is 38.0 Å². The van der Waals surface area contributed by atoms with Crippen LogP contribution >= 0.6 is 0 Å². The van der Waals surface area contributed by atoms with Crippen LogP contribution < -0.4 is 5.32 Å². The van der Waals surface area contributed by atoms with Crippen LogP contribution in [0.15, 0.2) is 35.2 Å². The molecule has 0 bridgehead atoms. The van der Waals surface area contributed by atoms with Gasteiger partial charge in [-0.15, -0.1) is 0 Å². The van der Waals surface area contributed by atoms with Gasteiger partial charge in [-0.3, -0.25) is 4.79 Å². The van der Waals surface area contributed by atoms with Crippen molar-refractivity contribution in [1.29, 1.82) is 0 Å². The van der Waals surface area contributed by atoms with Crippen LogP contribution in [0, 0.1) is 5.92 Å². The van der Waals surface area contributed by atoms with Crippen molar-refractivity contribution in [2.45, 2.75) is 62.4 Å². The van der Waals surface area contributed by atoms with Gasteiger partial charge in [-0.25, -0.2) is 8.42 Å². The Morgan fingerprint density at radius 1 is 1.08 bits per heavy atom. The third-order valence-corrected chi connectivity index (χ3v) is 7.14. The van der Waals surface area contributed by atoms with Crippen molar-refractivity contribution in [2.24, 2.45) is 5.92 Å². The molecule has 1 aromatic carbocycles. The highest BCUT2D eigenvalue weighted by Crippen LogP contribution is 2.27. The van der Waals surface area contributed by atoms with E-state index in [0.29, 0.717) is 13.0 Å². The van der Waals surface area contributed by atoms with Crippen molar-refractivity contribution < 1.29 is 13.2 Å². The van der Waals surface area contributed by atoms with Crippen molar-refractivity contribution in [3.8, 4) is 0 Å². The predicted octanol–water partition coefficient (Wildman–Crippen LogP) is 2.53. The van der Waals surface area contributed by atoms with E-state index in [1.54, 1.807) is 30.3 Å². The Kier molecular flexibility index (Phi) is 5.25. The molecule has 1 N–H and O–H groups in total. The SMILES string of the molecule is CC1CCC(NC(=O)C2CCCN2S(=O)(=O)c2ccccc2)CC1. The van der Waals surface area contributed by atoms with Crippen molar-refractivity contribution in [2.75, 3.05) is 6.54 Å². The number of nitrogens with one attached hydrogen (secondary N) is 1. The van der Waals surface area contributed by atoms with Crippen LogP contribution in [0.2, 0.25) is 0 Å². The van der Waals surface area contributed by atoms with Crippen LogP contribution in [0.1, 0.15) is 45.4 Å². The molecule has 132 valence electrons. The summed E-state index contributed by atoms with van der Waals surface area (Å²) in [4.78, 5) is 12.9. The van der Waals surface area contributed by atoms with E-state index in [9.17, 15) is 13.2 Å². The Morgan fingerprint density at radius 3 is 2.42 bits per heavy atom. The molecular weight excluding hydrogens is 324 g/mol. The number of nitrogens with zero attached hydrogens (tertiary/aromatic N) is 1. The van der Waals surface area contributed by atoms with Gasteiger partial charge in [-0.05, 0) is 56.6 Å². The maximum Gasteiger partial charge on any atom is 0.243 e. The van der Waals surface area contributed by atoms with Gasteiger partial charge in [0.1, 0.15) is 6.04 Å². The second-order valence-corrected chi connectivity index (χ2v) is 8.94. The lowest BCUT2D eigenvalue weighted by molar-refractivity contribution is -0.125. The first kappa shape index (κ1) is 17.4. The van der Waals surface area contributed by atoms with Crippen LogP contribution in [0.5, 0.6) is 0 Å². The Bertz CT molecular complexity index is 667. The summed E-state index contributed by atoms with van der Waals surface area (Å²) in [5, 5.41) is 3.09. The largest absolute Gasteiger partial charge is 0.352 e. The summed E-state index contributed by atoms with van der Waals surface area (Å²) in [7, 11) is -3.61. The molecule has 1 aromatic rings. The number of rotatable bonds is 4. The fraction of sp³-hybridized carbons (Fsp3) is 0.611. The maximum absolute atomic E-state index is 12.8. The molecule has 1 heterocycles. The molecule has 0 radical (unpaired) electrons. The average molecular weight is 350 g/mol. The van der Waals surface area contributed by atoms with E-state index in [1.807, 2.05) is 0 Å². The minimum atomic E-state index is -3.61. The van der Waals surface area contributed by atoms with Gasteiger partial charge in [0.15, 0.2) is 0 Å². The molecule has 0 aromatic heterocycles. The molecule has 5 nitrogen and oxygen atoms in total. The van der Waals surface area contributed by atoms with Crippen molar-refractivity contribution in [1.82, 2.24) is 9.62 Å². The number of sulfonamides is 1. The standard InChI is InChI=1S/C18H26N2O3S/c1-14-9-11-15(12-10-14)19-18(21)17-8-5-13-20(17)24(22,23)16-6-3-2-4-7-16/h2-4,6-7,14-15,17H,5,8-13H2,1H3,(H,19,21). The molecule has 0 spiro atoms. The van der Waals surface area contributed by atoms with Crippen LogP contribution in [0.4, 0.5) is 0 Å². The average Bonchev–Trinajstić information content (AvgIpc) is 3.08. The summed E-state index contributed by atoms with van der Waals surface area (Å²) in [6.45, 7) is 2.65. The summed E-state index contributed by atoms with van der Waals surface area (Å²) in [5.41, 5.74) is 0. The minimum absolute atomic E-state index is 0.133. The molecule has 1 saturated heterocycles. The first-order valence-corrected chi connectivity index (χ1v) is 10.3. The lowest BCUT2D eigenvalue weighted by atomic mass is 9.87. The second-order valence-electron chi connectivity index (χ2n) is 7.05. The molecule has 24 heavy (non-hydrogen) atoms. The van der Waals surface area contributed by atoms with Gasteiger partial charge in [0.05, 0.1) is 4.90 Å². The lowest BCUT2D eigenvalue weighted by Crippen LogP contribution is -2.49. The van der Waals surface area contributed by atoms with E-state index in [1.165, 1.54) is 4.31 Å². The molecule has 1 aliphatic carbocycles. The molecule has 1 aliphatic heterocycles. The van der Waals surface area contributed by atoms with Gasteiger partial charge in [0.2, 0.25) is 15.9 Å². The molecule has 1 unspecified atom stereocenters. The molecule has 1 amide bonds. The molecule has 1 atom stereocenters. The van der Waals surface area contributed by atoms with E-state index < -0.39 is 16.1 Å². The number of hydrogen-bond donors (Lipinski definition) is 1. The number of benzene rings is 1. The van der Waals surface area contributed by atoms with E-state index in [2.05, 4.69) is 12.2 Å². The summed E-state index contributed by atoms with van der Waals surface area (Å²) >= 11 is 0. The number of carbonyl (C=O) groups is 1. The first-order chi connectivity index (χ1) is 11.5. The summed E-state index contributed by atoms with van der Waals surface area (Å²) < 4.78 is 27.0. The van der Waals surface area contributed by atoms with Crippen LogP contribution in [-0.2, 0) is 14.8 Å². The Morgan fingerprint density at radius 2 is 1.75 bits per heavy atom. The Hall–Kier alpha value is -1.40. The summed E-state index contributed by atoms with van der Waals surface area (Å²) in [6, 6.07) is 8.00. The smallest absolute Gasteiger partial charge is 0.243 e. The Labute approximate surface area is 144 Å². The lowest BCUT2D eigenvalue weighted by Gasteiger charge is -2.29. The number of hydrogen-bond acceptors (Lipinski definition) is 3. The van der Waals surface area contributed by atoms with Crippen molar-refractivity contribution in [3.63, 3.8) is 0 Å². The van der Waals surface area contributed by atoms with Crippen molar-refractivity contribution >= 4 is 15.9 Å². The quantitative estimate of drug-likeness (QED) is 0.907. The van der Waals surface area contributed by atoms with Gasteiger partial charge < -0.3 is 5.32 Å². The molecule has 2 aliphatic rings. The Balaban J connectivity index is 1.70. The van der Waals surface area contributed by atoms with Crippen LogP contribution in [0.25, 0.3) is 0 Å². The molecule has 3 rings (SSSR count). The third kappa shape index (κ3) is 3.64. The predicted molar refractivity (Wildman–Crippen MR) is 92.9 cm³/mol. The van der Waals surface area contributed by atoms with Gasteiger partial charge in [0.25, 0.3) is 0 Å². The highest BCUT2D eigenvalue weighted by Gasteiger charge is 2.40. The molecule has 2 fully saturated rings. The van der Waals surface area contributed by atoms with E-state index in [-0.39, 0.29) is 16.8 Å². The highest BCUT2D eigenvalue weighted by atomic mass is 32.2. The van der Waals surface area contributed by atoms with E-state index in [4.69, 9.17) is 0 Å². The maximum atomic E-state index is 12.8. The van der Waals surface area contributed by atoms with Gasteiger partial charge in [0, 0.05) is 12.6 Å². The fourth-order valence-electron chi connectivity index (χ4n) is 3.72. The molecule has 1 saturated carbocycles. The zero-order valence-electron chi connectivity index (χ0n) is 14.1. The van der Waals surface area contributed by atoms with E-state index >= 15 is 0 Å². The second kappa shape index (κ2) is 7.23. The minimum Gasteiger partial charge on any atom is -0.352 e. The van der Waals surface area contributed by atoms with Gasteiger partial charge in [-0.2, -0.15) is 4.31 Å². The first-order valence-electron chi connectivity index (χ1n) is 8.86. The van der Waals surface area contributed by atoms with Crippen molar-refractivity contribution in [3.05, 3.63) is 30.3 Å². The topological polar surface area (TPSA) is 66.5 Å². The summed E-state index contributed by atoms with van der Waals surface area (Å²) in [5.74, 6) is 0.589. The van der Waals surface area contributed by atoms with Gasteiger partial charge in [-0.1, -0.05) is 25.1 Å². The zero-order valence-corrected chi connectivity index (χ0v) is 15.0. The third-order valence-electron chi connectivity index (χ3n) is 5.22. The molecular formula is C18H26N2O3S. The normalized spacial score (nSPS) is 28.6. The van der Waals surface area contributed by atoms with Gasteiger partial charge >= 0.3 is 0 Å². The highest BCUT2D eigenvalue weighted by molar-refractivity contribution is 7.89.